The van der Waals surface area contributed by atoms with Crippen molar-refractivity contribution >= 4 is 17.7 Å². The number of nitrogens with zero attached hydrogens (tertiary/aromatic N) is 3. The molecule has 0 radical (unpaired) electrons. The predicted molar refractivity (Wildman–Crippen MR) is 96.9 cm³/mol. The van der Waals surface area contributed by atoms with E-state index >= 15 is 0 Å². The normalized spacial score (nSPS) is 17.5. The Morgan fingerprint density at radius 3 is 2.50 bits per heavy atom. The van der Waals surface area contributed by atoms with E-state index in [4.69, 9.17) is 0 Å². The van der Waals surface area contributed by atoms with E-state index in [9.17, 15) is 14.9 Å². The highest BCUT2D eigenvalue weighted by Gasteiger charge is 2.36. The Balaban J connectivity index is 1.89. The zero-order valence-corrected chi connectivity index (χ0v) is 14.0. The van der Waals surface area contributed by atoms with E-state index in [0.717, 1.165) is 11.1 Å². The SMILES string of the molecule is Cn1c([N+](=O)[O-])cnc1C=C1C(=O)c2ccccc2C1c1ccccc1. The van der Waals surface area contributed by atoms with Crippen LogP contribution < -0.4 is 0 Å². The van der Waals surface area contributed by atoms with Crippen LogP contribution >= 0.6 is 0 Å². The summed E-state index contributed by atoms with van der Waals surface area (Å²) < 4.78 is 1.38. The lowest BCUT2D eigenvalue weighted by Crippen LogP contribution is -2.04. The van der Waals surface area contributed by atoms with Gasteiger partial charge >= 0.3 is 5.82 Å². The number of carbonyl (C=O) groups excluding carboxylic acids is 1. The number of hydrogen-bond donors (Lipinski definition) is 0. The Morgan fingerprint density at radius 2 is 1.81 bits per heavy atom. The lowest BCUT2D eigenvalue weighted by Gasteiger charge is -2.13. The first-order chi connectivity index (χ1) is 12.6. The summed E-state index contributed by atoms with van der Waals surface area (Å²) in [5, 5.41) is 11.1. The van der Waals surface area contributed by atoms with Gasteiger partial charge in [0, 0.05) is 23.1 Å². The van der Waals surface area contributed by atoms with Gasteiger partial charge in [0.2, 0.25) is 5.82 Å². The Hall–Kier alpha value is -3.54. The first kappa shape index (κ1) is 16.0. The van der Waals surface area contributed by atoms with Gasteiger partial charge in [-0.2, -0.15) is 0 Å². The Labute approximate surface area is 149 Å². The topological polar surface area (TPSA) is 78.0 Å². The summed E-state index contributed by atoms with van der Waals surface area (Å²) in [5.74, 6) is -0.0133. The van der Waals surface area contributed by atoms with Crippen molar-refractivity contribution < 1.29 is 9.72 Å². The Morgan fingerprint density at radius 1 is 1.12 bits per heavy atom. The van der Waals surface area contributed by atoms with Gasteiger partial charge in [0.05, 0.1) is 7.05 Å². The summed E-state index contributed by atoms with van der Waals surface area (Å²) in [6, 6.07) is 17.3. The van der Waals surface area contributed by atoms with E-state index in [1.807, 2.05) is 54.6 Å². The smallest absolute Gasteiger partial charge is 0.342 e. The molecular weight excluding hydrogens is 330 g/mol. The number of allylic oxidation sites excluding steroid dienone is 1. The number of imidazole rings is 1. The molecule has 3 aromatic rings. The third-order valence-corrected chi connectivity index (χ3v) is 4.69. The molecule has 0 aliphatic heterocycles. The van der Waals surface area contributed by atoms with Crippen molar-refractivity contribution in [3.05, 3.63) is 99.0 Å². The van der Waals surface area contributed by atoms with Crippen LogP contribution in [0.15, 0.2) is 66.4 Å². The molecule has 1 aliphatic rings. The Kier molecular flexibility index (Phi) is 3.73. The predicted octanol–water partition coefficient (Wildman–Crippen LogP) is 3.74. The van der Waals surface area contributed by atoms with Crippen LogP contribution in [0.3, 0.4) is 0 Å². The summed E-state index contributed by atoms with van der Waals surface area (Å²) in [4.78, 5) is 27.7. The van der Waals surface area contributed by atoms with Gasteiger partial charge < -0.3 is 10.1 Å². The minimum absolute atomic E-state index is 0.0693. The molecule has 0 amide bonds. The van der Waals surface area contributed by atoms with Crippen molar-refractivity contribution in [3.63, 3.8) is 0 Å². The highest BCUT2D eigenvalue weighted by atomic mass is 16.6. The van der Waals surface area contributed by atoms with E-state index in [0.29, 0.717) is 17.0 Å². The maximum Gasteiger partial charge on any atom is 0.342 e. The fourth-order valence-corrected chi connectivity index (χ4v) is 3.42. The van der Waals surface area contributed by atoms with Gasteiger partial charge in [0.15, 0.2) is 5.78 Å². The second-order valence-corrected chi connectivity index (χ2v) is 6.15. The second-order valence-electron chi connectivity index (χ2n) is 6.15. The van der Waals surface area contributed by atoms with Crippen molar-refractivity contribution in [1.29, 1.82) is 0 Å². The number of ketones is 1. The van der Waals surface area contributed by atoms with Crippen LogP contribution in [0.2, 0.25) is 0 Å². The largest absolute Gasteiger partial charge is 0.358 e. The first-order valence-corrected chi connectivity index (χ1v) is 8.14. The van der Waals surface area contributed by atoms with Gasteiger partial charge in [-0.25, -0.2) is 9.55 Å². The summed E-state index contributed by atoms with van der Waals surface area (Å²) in [7, 11) is 1.57. The Bertz CT molecular complexity index is 1050. The maximum absolute atomic E-state index is 13.0. The molecule has 1 aromatic heterocycles. The quantitative estimate of drug-likeness (QED) is 0.411. The zero-order chi connectivity index (χ0) is 18.3. The first-order valence-electron chi connectivity index (χ1n) is 8.14. The second kappa shape index (κ2) is 6.07. The number of benzene rings is 2. The molecule has 1 heterocycles. The fourth-order valence-electron chi connectivity index (χ4n) is 3.42. The van der Waals surface area contributed by atoms with Crippen LogP contribution in [-0.4, -0.2) is 20.3 Å². The van der Waals surface area contributed by atoms with Gasteiger partial charge in [-0.05, 0) is 16.1 Å². The molecule has 1 unspecified atom stereocenters. The third kappa shape index (κ3) is 2.43. The van der Waals surface area contributed by atoms with E-state index in [-0.39, 0.29) is 17.5 Å². The minimum atomic E-state index is -0.491. The van der Waals surface area contributed by atoms with E-state index in [1.54, 1.807) is 13.1 Å². The van der Waals surface area contributed by atoms with Crippen molar-refractivity contribution in [2.24, 2.45) is 7.05 Å². The number of fused-ring (bicyclic) bond motifs is 1. The summed E-state index contributed by atoms with van der Waals surface area (Å²) in [6.07, 6.45) is 2.86. The number of Topliss-reactive ketones (excluding diaryl/α,β-unsaturated/α-hetero) is 1. The highest BCUT2D eigenvalue weighted by Crippen LogP contribution is 2.42. The molecule has 0 N–H and O–H groups in total. The number of hydrogen-bond acceptors (Lipinski definition) is 4. The van der Waals surface area contributed by atoms with Gasteiger partial charge in [-0.1, -0.05) is 54.6 Å². The van der Waals surface area contributed by atoms with Gasteiger partial charge in [0.25, 0.3) is 0 Å². The molecule has 6 heteroatoms. The zero-order valence-electron chi connectivity index (χ0n) is 14.0. The lowest BCUT2D eigenvalue weighted by atomic mass is 9.89. The monoisotopic (exact) mass is 345 g/mol. The van der Waals surface area contributed by atoms with Crippen LogP contribution in [0.4, 0.5) is 5.82 Å². The average molecular weight is 345 g/mol. The fraction of sp³-hybridized carbons (Fsp3) is 0.100. The average Bonchev–Trinajstić information content (AvgIpc) is 3.15. The summed E-state index contributed by atoms with van der Waals surface area (Å²) in [5.41, 5.74) is 3.18. The van der Waals surface area contributed by atoms with Crippen molar-refractivity contribution in [3.8, 4) is 0 Å². The van der Waals surface area contributed by atoms with Gasteiger partial charge in [-0.15, -0.1) is 0 Å². The standard InChI is InChI=1S/C20H15N3O3/c1-22-17(21-12-18(22)23(25)26)11-16-19(13-7-3-2-4-8-13)14-9-5-6-10-15(14)20(16)24/h2-12,19H,1H3. The molecule has 128 valence electrons. The van der Waals surface area contributed by atoms with Gasteiger partial charge in [-0.3, -0.25) is 4.79 Å². The molecule has 0 fully saturated rings. The van der Waals surface area contributed by atoms with Crippen molar-refractivity contribution in [2.45, 2.75) is 5.92 Å². The highest BCUT2D eigenvalue weighted by molar-refractivity contribution is 6.17. The maximum atomic E-state index is 13.0. The summed E-state index contributed by atoms with van der Waals surface area (Å²) >= 11 is 0. The van der Waals surface area contributed by atoms with E-state index < -0.39 is 4.92 Å². The molecule has 26 heavy (non-hydrogen) atoms. The molecule has 0 saturated carbocycles. The van der Waals surface area contributed by atoms with Crippen LogP contribution in [0.5, 0.6) is 0 Å². The molecule has 1 atom stereocenters. The molecule has 0 spiro atoms. The van der Waals surface area contributed by atoms with Crippen LogP contribution in [0.25, 0.3) is 6.08 Å². The lowest BCUT2D eigenvalue weighted by molar-refractivity contribution is -0.391. The molecule has 2 aromatic carbocycles. The molecule has 0 bridgehead atoms. The van der Waals surface area contributed by atoms with Crippen molar-refractivity contribution in [2.75, 3.05) is 0 Å². The summed E-state index contributed by atoms with van der Waals surface area (Å²) in [6.45, 7) is 0. The number of nitro groups is 1. The molecule has 0 saturated heterocycles. The molecular formula is C20H15N3O3. The van der Waals surface area contributed by atoms with Crippen molar-refractivity contribution in [1.82, 2.24) is 9.55 Å². The van der Waals surface area contributed by atoms with Crippen LogP contribution in [0, 0.1) is 10.1 Å². The molecule has 4 rings (SSSR count). The number of carbonyl (C=O) groups is 1. The van der Waals surface area contributed by atoms with Crippen LogP contribution in [0.1, 0.15) is 33.2 Å². The minimum Gasteiger partial charge on any atom is -0.358 e. The van der Waals surface area contributed by atoms with E-state index in [2.05, 4.69) is 4.98 Å². The number of rotatable bonds is 3. The van der Waals surface area contributed by atoms with E-state index in [1.165, 1.54) is 10.8 Å². The molecule has 1 aliphatic carbocycles. The molecule has 6 nitrogen and oxygen atoms in total. The third-order valence-electron chi connectivity index (χ3n) is 4.69. The van der Waals surface area contributed by atoms with Crippen LogP contribution in [-0.2, 0) is 7.05 Å². The number of aromatic nitrogens is 2. The van der Waals surface area contributed by atoms with Gasteiger partial charge in [0.1, 0.15) is 6.20 Å².